The van der Waals surface area contributed by atoms with Crippen LogP contribution in [0.3, 0.4) is 0 Å². The Kier molecular flexibility index (Phi) is 2.94. The zero-order valence-corrected chi connectivity index (χ0v) is 8.63. The van der Waals surface area contributed by atoms with Crippen LogP contribution in [0.1, 0.15) is 19.4 Å². The molecule has 1 aromatic heterocycles. The van der Waals surface area contributed by atoms with E-state index in [1.54, 1.807) is 13.8 Å². The monoisotopic (exact) mass is 211 g/mol. The molecule has 3 N–H and O–H groups in total. The molecule has 0 spiro atoms. The van der Waals surface area contributed by atoms with Crippen molar-refractivity contribution in [3.8, 4) is 11.8 Å². The lowest BCUT2D eigenvalue weighted by atomic mass is 10.1. The van der Waals surface area contributed by atoms with Crippen LogP contribution >= 0.6 is 11.6 Å². The van der Waals surface area contributed by atoms with Gasteiger partial charge < -0.3 is 10.8 Å². The lowest BCUT2D eigenvalue weighted by molar-refractivity contribution is 0.143. The summed E-state index contributed by atoms with van der Waals surface area (Å²) in [7, 11) is 0. The van der Waals surface area contributed by atoms with Crippen LogP contribution in [0, 0.1) is 11.8 Å². The number of nitrogens with two attached hydrogens (primary N) is 1. The zero-order valence-electron chi connectivity index (χ0n) is 7.87. The van der Waals surface area contributed by atoms with Crippen molar-refractivity contribution in [1.82, 2.24) is 10.2 Å². The fourth-order valence-corrected chi connectivity index (χ4v) is 0.845. The number of aromatic nitrogens is 2. The molecule has 0 bridgehead atoms. The summed E-state index contributed by atoms with van der Waals surface area (Å²) in [4.78, 5) is 0. The largest absolute Gasteiger partial charge is 0.381 e. The topological polar surface area (TPSA) is 72.0 Å². The van der Waals surface area contributed by atoms with Gasteiger partial charge in [-0.1, -0.05) is 23.4 Å². The number of anilines is 1. The van der Waals surface area contributed by atoms with Crippen molar-refractivity contribution in [2.45, 2.75) is 19.4 Å². The lowest BCUT2D eigenvalue weighted by Crippen LogP contribution is -2.14. The van der Waals surface area contributed by atoms with Crippen LogP contribution in [0.5, 0.6) is 0 Å². The first-order chi connectivity index (χ1) is 6.38. The van der Waals surface area contributed by atoms with Crippen molar-refractivity contribution in [3.63, 3.8) is 0 Å². The molecule has 0 saturated heterocycles. The number of nitrogens with zero attached hydrogens (tertiary/aromatic N) is 2. The van der Waals surface area contributed by atoms with E-state index in [1.165, 1.54) is 6.07 Å². The number of rotatable bonds is 0. The molecule has 1 rings (SSSR count). The molecule has 0 unspecified atom stereocenters. The minimum absolute atomic E-state index is 0.200. The van der Waals surface area contributed by atoms with Crippen LogP contribution in [0.15, 0.2) is 6.07 Å². The second-order valence-electron chi connectivity index (χ2n) is 3.27. The fraction of sp³-hybridized carbons (Fsp3) is 0.333. The standard InChI is InChI=1S/C9H10ClN3O/c1-9(2,14)4-3-6-5-7(10)12-13-8(6)11/h5,14H,1-2H3,(H2,11,13). The molecule has 1 aromatic rings. The van der Waals surface area contributed by atoms with Crippen molar-refractivity contribution in [2.24, 2.45) is 0 Å². The van der Waals surface area contributed by atoms with E-state index in [0.717, 1.165) is 0 Å². The average molecular weight is 212 g/mol. The van der Waals surface area contributed by atoms with Crippen LogP contribution in [0.4, 0.5) is 5.82 Å². The molecular formula is C9H10ClN3O. The van der Waals surface area contributed by atoms with Gasteiger partial charge in [-0.3, -0.25) is 0 Å². The second kappa shape index (κ2) is 3.82. The van der Waals surface area contributed by atoms with Crippen LogP contribution in [0.25, 0.3) is 0 Å². The molecule has 5 heteroatoms. The number of nitrogen functional groups attached to an aromatic ring is 1. The van der Waals surface area contributed by atoms with E-state index in [1.807, 2.05) is 0 Å². The maximum Gasteiger partial charge on any atom is 0.162 e. The van der Waals surface area contributed by atoms with Crippen LogP contribution in [-0.2, 0) is 0 Å². The van der Waals surface area contributed by atoms with Gasteiger partial charge in [0.05, 0.1) is 5.56 Å². The smallest absolute Gasteiger partial charge is 0.162 e. The predicted molar refractivity (Wildman–Crippen MR) is 54.6 cm³/mol. The Morgan fingerprint density at radius 2 is 2.14 bits per heavy atom. The molecule has 1 heterocycles. The molecule has 0 amide bonds. The van der Waals surface area contributed by atoms with Gasteiger partial charge in [-0.25, -0.2) is 0 Å². The van der Waals surface area contributed by atoms with Crippen molar-refractivity contribution >= 4 is 17.4 Å². The summed E-state index contributed by atoms with van der Waals surface area (Å²) in [6, 6.07) is 1.50. The van der Waals surface area contributed by atoms with E-state index >= 15 is 0 Å². The highest BCUT2D eigenvalue weighted by atomic mass is 35.5. The van der Waals surface area contributed by atoms with Gasteiger partial charge in [-0.05, 0) is 19.9 Å². The summed E-state index contributed by atoms with van der Waals surface area (Å²) in [5.74, 6) is 5.49. The van der Waals surface area contributed by atoms with Gasteiger partial charge in [0, 0.05) is 0 Å². The van der Waals surface area contributed by atoms with Crippen molar-refractivity contribution in [1.29, 1.82) is 0 Å². The highest BCUT2D eigenvalue weighted by molar-refractivity contribution is 6.29. The zero-order chi connectivity index (χ0) is 10.8. The minimum Gasteiger partial charge on any atom is -0.381 e. The van der Waals surface area contributed by atoms with Gasteiger partial charge in [0.15, 0.2) is 11.0 Å². The van der Waals surface area contributed by atoms with Gasteiger partial charge >= 0.3 is 0 Å². The number of halogens is 1. The van der Waals surface area contributed by atoms with Gasteiger partial charge in [0.25, 0.3) is 0 Å². The van der Waals surface area contributed by atoms with E-state index in [9.17, 15) is 5.11 Å². The second-order valence-corrected chi connectivity index (χ2v) is 3.66. The Labute approximate surface area is 87.1 Å². The van der Waals surface area contributed by atoms with Gasteiger partial charge in [0.1, 0.15) is 5.60 Å². The van der Waals surface area contributed by atoms with E-state index in [-0.39, 0.29) is 11.0 Å². The Morgan fingerprint density at radius 3 is 2.71 bits per heavy atom. The SMILES string of the molecule is CC(C)(O)C#Cc1cc(Cl)nnc1N. The first kappa shape index (κ1) is 10.8. The molecule has 0 aliphatic rings. The number of aliphatic hydroxyl groups is 1. The molecule has 0 radical (unpaired) electrons. The van der Waals surface area contributed by atoms with Gasteiger partial charge in [-0.2, -0.15) is 0 Å². The number of hydrogen-bond donors (Lipinski definition) is 2. The Hall–Kier alpha value is -1.31. The summed E-state index contributed by atoms with van der Waals surface area (Å²) in [6.07, 6.45) is 0. The number of hydrogen-bond acceptors (Lipinski definition) is 4. The summed E-state index contributed by atoms with van der Waals surface area (Å²) in [5, 5.41) is 16.7. The fourth-order valence-electron chi connectivity index (χ4n) is 0.698. The Bertz CT molecular complexity index is 401. The third-order valence-electron chi connectivity index (χ3n) is 1.30. The first-order valence-corrected chi connectivity index (χ1v) is 4.30. The van der Waals surface area contributed by atoms with Crippen molar-refractivity contribution < 1.29 is 5.11 Å². The molecule has 0 fully saturated rings. The van der Waals surface area contributed by atoms with Crippen LogP contribution < -0.4 is 5.73 Å². The molecular weight excluding hydrogens is 202 g/mol. The lowest BCUT2D eigenvalue weighted by Gasteiger charge is -2.06. The molecule has 0 aliphatic heterocycles. The van der Waals surface area contributed by atoms with Crippen LogP contribution in [-0.4, -0.2) is 20.9 Å². The Morgan fingerprint density at radius 1 is 1.50 bits per heavy atom. The molecule has 0 atom stereocenters. The van der Waals surface area contributed by atoms with E-state index in [0.29, 0.717) is 5.56 Å². The normalized spacial score (nSPS) is 10.6. The highest BCUT2D eigenvalue weighted by Crippen LogP contribution is 2.11. The van der Waals surface area contributed by atoms with Gasteiger partial charge in [0.2, 0.25) is 0 Å². The van der Waals surface area contributed by atoms with E-state index in [4.69, 9.17) is 17.3 Å². The van der Waals surface area contributed by atoms with Crippen LogP contribution in [0.2, 0.25) is 5.15 Å². The summed E-state index contributed by atoms with van der Waals surface area (Å²) >= 11 is 5.61. The predicted octanol–water partition coefficient (Wildman–Crippen LogP) is 0.835. The summed E-state index contributed by atoms with van der Waals surface area (Å²) in [6.45, 7) is 3.15. The molecule has 0 aliphatic carbocycles. The maximum absolute atomic E-state index is 9.36. The average Bonchev–Trinajstić information content (AvgIpc) is 2.05. The Balaban J connectivity index is 3.06. The van der Waals surface area contributed by atoms with Crippen molar-refractivity contribution in [3.05, 3.63) is 16.8 Å². The summed E-state index contributed by atoms with van der Waals surface area (Å²) < 4.78 is 0. The molecule has 14 heavy (non-hydrogen) atoms. The molecule has 0 aromatic carbocycles. The van der Waals surface area contributed by atoms with E-state index < -0.39 is 5.60 Å². The highest BCUT2D eigenvalue weighted by Gasteiger charge is 2.07. The molecule has 74 valence electrons. The third-order valence-corrected chi connectivity index (χ3v) is 1.48. The third kappa shape index (κ3) is 3.21. The maximum atomic E-state index is 9.36. The minimum atomic E-state index is -1.07. The van der Waals surface area contributed by atoms with Crippen molar-refractivity contribution in [2.75, 3.05) is 5.73 Å². The summed E-state index contributed by atoms with van der Waals surface area (Å²) in [5.41, 5.74) is 4.90. The van der Waals surface area contributed by atoms with E-state index in [2.05, 4.69) is 22.0 Å². The molecule has 4 nitrogen and oxygen atoms in total. The first-order valence-electron chi connectivity index (χ1n) is 3.93. The quantitative estimate of drug-likeness (QED) is 0.624. The van der Waals surface area contributed by atoms with Gasteiger partial charge in [-0.15, -0.1) is 10.2 Å². The molecule has 0 saturated carbocycles.